The van der Waals surface area contributed by atoms with Crippen molar-refractivity contribution in [2.24, 2.45) is 0 Å². The number of methoxy groups -OCH3 is 1. The quantitative estimate of drug-likeness (QED) is 0.800. The van der Waals surface area contributed by atoms with E-state index in [1.54, 1.807) is 7.11 Å². The third-order valence-electron chi connectivity index (χ3n) is 4.32. The van der Waals surface area contributed by atoms with Crippen LogP contribution in [0, 0.1) is 6.92 Å². The maximum atomic E-state index is 12.3. The van der Waals surface area contributed by atoms with Gasteiger partial charge in [-0.15, -0.1) is 0 Å². The van der Waals surface area contributed by atoms with E-state index in [9.17, 15) is 9.59 Å². The lowest BCUT2D eigenvalue weighted by Crippen LogP contribution is -2.44. The zero-order chi connectivity index (χ0) is 17.8. The monoisotopic (exact) mass is 339 g/mol. The number of hydrogen-bond donors (Lipinski definition) is 3. The van der Waals surface area contributed by atoms with Gasteiger partial charge in [0.1, 0.15) is 11.8 Å². The van der Waals surface area contributed by atoms with Crippen LogP contribution in [0.25, 0.3) is 0 Å². The Hall–Kier alpha value is -3.02. The van der Waals surface area contributed by atoms with Crippen molar-refractivity contribution in [2.75, 3.05) is 19.0 Å². The molecule has 1 heterocycles. The molecule has 2 atom stereocenters. The second kappa shape index (κ2) is 7.25. The minimum Gasteiger partial charge on any atom is -0.497 e. The van der Waals surface area contributed by atoms with Crippen LogP contribution in [0.15, 0.2) is 48.5 Å². The summed E-state index contributed by atoms with van der Waals surface area (Å²) in [7, 11) is 1.61. The van der Waals surface area contributed by atoms with Crippen LogP contribution in [0.2, 0.25) is 0 Å². The van der Waals surface area contributed by atoms with Crippen molar-refractivity contribution in [3.63, 3.8) is 0 Å². The highest BCUT2D eigenvalue weighted by molar-refractivity contribution is 5.95. The molecule has 1 saturated heterocycles. The number of benzene rings is 2. The van der Waals surface area contributed by atoms with Gasteiger partial charge in [0.05, 0.1) is 7.11 Å². The lowest BCUT2D eigenvalue weighted by Gasteiger charge is -2.19. The van der Waals surface area contributed by atoms with E-state index in [1.807, 2.05) is 55.5 Å². The summed E-state index contributed by atoms with van der Waals surface area (Å²) in [6, 6.07) is 14.0. The summed E-state index contributed by atoms with van der Waals surface area (Å²) in [5.41, 5.74) is 2.77. The molecule has 130 valence electrons. The van der Waals surface area contributed by atoms with Crippen molar-refractivity contribution in [1.82, 2.24) is 10.6 Å². The first-order valence-corrected chi connectivity index (χ1v) is 8.12. The predicted octanol–water partition coefficient (Wildman–Crippen LogP) is 2.41. The van der Waals surface area contributed by atoms with E-state index in [-0.39, 0.29) is 11.8 Å². The number of carbonyl (C=O) groups excluding carboxylic acids is 2. The van der Waals surface area contributed by atoms with E-state index in [4.69, 9.17) is 4.74 Å². The Bertz CT molecular complexity index is 756. The van der Waals surface area contributed by atoms with E-state index in [0.717, 1.165) is 16.9 Å². The topological polar surface area (TPSA) is 79.5 Å². The van der Waals surface area contributed by atoms with Crippen molar-refractivity contribution >= 4 is 17.6 Å². The van der Waals surface area contributed by atoms with Crippen molar-refractivity contribution < 1.29 is 14.3 Å². The highest BCUT2D eigenvalue weighted by Gasteiger charge is 2.36. The molecule has 0 aromatic heterocycles. The molecule has 1 aliphatic heterocycles. The molecule has 0 spiro atoms. The Morgan fingerprint density at radius 2 is 1.80 bits per heavy atom. The number of ether oxygens (including phenoxy) is 1. The Morgan fingerprint density at radius 3 is 2.44 bits per heavy atom. The number of rotatable bonds is 4. The van der Waals surface area contributed by atoms with Gasteiger partial charge in [-0.1, -0.05) is 29.8 Å². The Balaban J connectivity index is 1.68. The molecule has 3 amide bonds. The van der Waals surface area contributed by atoms with Crippen LogP contribution in [0.1, 0.15) is 17.0 Å². The van der Waals surface area contributed by atoms with Gasteiger partial charge in [0.25, 0.3) is 0 Å². The van der Waals surface area contributed by atoms with Gasteiger partial charge < -0.3 is 20.7 Å². The zero-order valence-corrected chi connectivity index (χ0v) is 14.2. The number of hydrogen-bond acceptors (Lipinski definition) is 3. The molecule has 2 aromatic rings. The Labute approximate surface area is 146 Å². The Morgan fingerprint density at radius 1 is 1.12 bits per heavy atom. The fourth-order valence-electron chi connectivity index (χ4n) is 2.89. The average Bonchev–Trinajstić information content (AvgIpc) is 2.98. The first-order valence-electron chi connectivity index (χ1n) is 8.12. The van der Waals surface area contributed by atoms with Gasteiger partial charge in [0.15, 0.2) is 0 Å². The molecular formula is C19H21N3O3. The number of anilines is 1. The maximum Gasteiger partial charge on any atom is 0.319 e. The van der Waals surface area contributed by atoms with Crippen LogP contribution in [-0.4, -0.2) is 31.6 Å². The van der Waals surface area contributed by atoms with Crippen LogP contribution in [-0.2, 0) is 4.79 Å². The number of amides is 3. The van der Waals surface area contributed by atoms with Crippen LogP contribution < -0.4 is 20.7 Å². The summed E-state index contributed by atoms with van der Waals surface area (Å²) in [4.78, 5) is 24.4. The number of nitrogens with one attached hydrogen (secondary N) is 3. The summed E-state index contributed by atoms with van der Waals surface area (Å²) in [6.45, 7) is 2.47. The normalized spacial score (nSPS) is 19.2. The summed E-state index contributed by atoms with van der Waals surface area (Å²) >= 11 is 0. The zero-order valence-electron chi connectivity index (χ0n) is 14.2. The third kappa shape index (κ3) is 3.91. The maximum absolute atomic E-state index is 12.3. The van der Waals surface area contributed by atoms with Gasteiger partial charge in [-0.25, -0.2) is 4.79 Å². The highest BCUT2D eigenvalue weighted by Crippen LogP contribution is 2.25. The second-order valence-electron chi connectivity index (χ2n) is 6.07. The molecule has 6 nitrogen and oxygen atoms in total. The molecule has 2 aromatic carbocycles. The lowest BCUT2D eigenvalue weighted by molar-refractivity contribution is -0.120. The largest absolute Gasteiger partial charge is 0.497 e. The summed E-state index contributed by atoms with van der Waals surface area (Å²) < 4.78 is 5.16. The van der Waals surface area contributed by atoms with Crippen LogP contribution >= 0.6 is 0 Å². The molecule has 1 fully saturated rings. The SMILES string of the molecule is COc1ccc([C@@H]2CNC(=O)[C@H]2NC(=O)Nc2ccc(C)cc2)cc1. The molecule has 0 saturated carbocycles. The first kappa shape index (κ1) is 16.8. The minimum atomic E-state index is -0.612. The molecule has 0 radical (unpaired) electrons. The first-order chi connectivity index (χ1) is 12.1. The second-order valence-corrected chi connectivity index (χ2v) is 6.07. The summed E-state index contributed by atoms with van der Waals surface area (Å²) in [5.74, 6) is 0.449. The van der Waals surface area contributed by atoms with Crippen molar-refractivity contribution in [1.29, 1.82) is 0 Å². The summed E-state index contributed by atoms with van der Waals surface area (Å²) in [5, 5.41) is 8.34. The van der Waals surface area contributed by atoms with Crippen LogP contribution in [0.3, 0.4) is 0 Å². The van der Waals surface area contributed by atoms with Gasteiger partial charge in [-0.3, -0.25) is 4.79 Å². The van der Waals surface area contributed by atoms with Gasteiger partial charge in [0.2, 0.25) is 5.91 Å². The van der Waals surface area contributed by atoms with E-state index in [1.165, 1.54) is 0 Å². The molecule has 0 bridgehead atoms. The molecule has 3 N–H and O–H groups in total. The predicted molar refractivity (Wildman–Crippen MR) is 95.9 cm³/mol. The molecule has 6 heteroatoms. The number of urea groups is 1. The molecule has 3 rings (SSSR count). The van der Waals surface area contributed by atoms with Crippen molar-refractivity contribution in [3.8, 4) is 5.75 Å². The van der Waals surface area contributed by atoms with E-state index in [0.29, 0.717) is 12.2 Å². The van der Waals surface area contributed by atoms with Crippen LogP contribution in [0.5, 0.6) is 5.75 Å². The van der Waals surface area contributed by atoms with Crippen molar-refractivity contribution in [3.05, 3.63) is 59.7 Å². The number of carbonyl (C=O) groups is 2. The molecular weight excluding hydrogens is 318 g/mol. The molecule has 25 heavy (non-hydrogen) atoms. The van der Waals surface area contributed by atoms with Gasteiger partial charge in [-0.2, -0.15) is 0 Å². The van der Waals surface area contributed by atoms with Gasteiger partial charge >= 0.3 is 6.03 Å². The summed E-state index contributed by atoms with van der Waals surface area (Å²) in [6.07, 6.45) is 0. The van der Waals surface area contributed by atoms with E-state index in [2.05, 4.69) is 16.0 Å². The lowest BCUT2D eigenvalue weighted by atomic mass is 9.94. The third-order valence-corrected chi connectivity index (χ3v) is 4.32. The van der Waals surface area contributed by atoms with E-state index < -0.39 is 12.1 Å². The molecule has 0 unspecified atom stereocenters. The number of aryl methyl sites for hydroxylation is 1. The molecule has 1 aliphatic rings. The smallest absolute Gasteiger partial charge is 0.319 e. The van der Waals surface area contributed by atoms with Crippen molar-refractivity contribution in [2.45, 2.75) is 18.9 Å². The Kier molecular flexibility index (Phi) is 4.88. The van der Waals surface area contributed by atoms with E-state index >= 15 is 0 Å². The standard InChI is InChI=1S/C19H21N3O3/c1-12-3-7-14(8-4-12)21-19(24)22-17-16(11-20-18(17)23)13-5-9-15(25-2)10-6-13/h3-10,16-17H,11H2,1-2H3,(H,20,23)(H2,21,22,24)/t16-,17-/m0/s1. The van der Waals surface area contributed by atoms with Gasteiger partial charge in [-0.05, 0) is 36.8 Å². The van der Waals surface area contributed by atoms with Crippen LogP contribution in [0.4, 0.5) is 10.5 Å². The highest BCUT2D eigenvalue weighted by atomic mass is 16.5. The van der Waals surface area contributed by atoms with Gasteiger partial charge in [0, 0.05) is 18.2 Å². The minimum absolute atomic E-state index is 0.123. The molecule has 0 aliphatic carbocycles. The average molecular weight is 339 g/mol. The fraction of sp³-hybridized carbons (Fsp3) is 0.263. The fourth-order valence-corrected chi connectivity index (χ4v) is 2.89.